The molecule has 0 aliphatic rings. The standard InChI is InChI=1S/C14H9F3N2O3/c15-14(16,17)10-4-6-11(7-5-10)18-13(20)9-2-1-3-12(8-9)19(21)22/h1-8H,(H,18,20). The number of hydrogen-bond acceptors (Lipinski definition) is 3. The molecule has 114 valence electrons. The number of carbonyl (C=O) groups is 1. The molecule has 0 atom stereocenters. The number of nitrogens with one attached hydrogen (secondary N) is 1. The predicted molar refractivity (Wildman–Crippen MR) is 72.5 cm³/mol. The lowest BCUT2D eigenvalue weighted by atomic mass is 10.1. The highest BCUT2D eigenvalue weighted by Crippen LogP contribution is 2.29. The number of halogens is 3. The van der Waals surface area contributed by atoms with Crippen LogP contribution in [0.1, 0.15) is 15.9 Å². The Hall–Kier alpha value is -2.90. The summed E-state index contributed by atoms with van der Waals surface area (Å²) in [7, 11) is 0. The van der Waals surface area contributed by atoms with Crippen LogP contribution in [0.3, 0.4) is 0 Å². The average molecular weight is 310 g/mol. The van der Waals surface area contributed by atoms with E-state index in [1.54, 1.807) is 0 Å². The Morgan fingerprint density at radius 3 is 2.27 bits per heavy atom. The number of non-ortho nitro benzene ring substituents is 1. The molecular formula is C14H9F3N2O3. The summed E-state index contributed by atoms with van der Waals surface area (Å²) in [6.07, 6.45) is -4.46. The van der Waals surface area contributed by atoms with Gasteiger partial charge in [0, 0.05) is 23.4 Å². The van der Waals surface area contributed by atoms with Crippen LogP contribution in [0, 0.1) is 10.1 Å². The van der Waals surface area contributed by atoms with Crippen LogP contribution in [-0.2, 0) is 6.18 Å². The second-order valence-corrected chi connectivity index (χ2v) is 4.34. The van der Waals surface area contributed by atoms with Gasteiger partial charge < -0.3 is 5.32 Å². The van der Waals surface area contributed by atoms with Gasteiger partial charge >= 0.3 is 6.18 Å². The highest BCUT2D eigenvalue weighted by Gasteiger charge is 2.30. The second kappa shape index (κ2) is 5.84. The molecule has 1 N–H and O–H groups in total. The molecule has 0 aliphatic heterocycles. The molecular weight excluding hydrogens is 301 g/mol. The third-order valence-corrected chi connectivity index (χ3v) is 2.79. The summed E-state index contributed by atoms with van der Waals surface area (Å²) < 4.78 is 37.2. The maximum absolute atomic E-state index is 12.4. The van der Waals surface area contributed by atoms with Gasteiger partial charge in [-0.25, -0.2) is 0 Å². The number of carbonyl (C=O) groups excluding carboxylic acids is 1. The van der Waals surface area contributed by atoms with E-state index < -0.39 is 22.6 Å². The van der Waals surface area contributed by atoms with Gasteiger partial charge in [0.2, 0.25) is 0 Å². The lowest BCUT2D eigenvalue weighted by Crippen LogP contribution is -2.12. The molecule has 22 heavy (non-hydrogen) atoms. The average Bonchev–Trinajstić information content (AvgIpc) is 2.47. The van der Waals surface area contributed by atoms with Crippen LogP contribution in [0.5, 0.6) is 0 Å². The Morgan fingerprint density at radius 1 is 1.09 bits per heavy atom. The molecule has 0 unspecified atom stereocenters. The van der Waals surface area contributed by atoms with Crippen LogP contribution in [0.25, 0.3) is 0 Å². The first kappa shape index (κ1) is 15.5. The van der Waals surface area contributed by atoms with Crippen LogP contribution in [-0.4, -0.2) is 10.8 Å². The van der Waals surface area contributed by atoms with E-state index in [1.165, 1.54) is 18.2 Å². The maximum Gasteiger partial charge on any atom is 0.416 e. The topological polar surface area (TPSA) is 72.2 Å². The minimum Gasteiger partial charge on any atom is -0.322 e. The molecule has 2 rings (SSSR count). The third kappa shape index (κ3) is 3.60. The van der Waals surface area contributed by atoms with Gasteiger partial charge in [0.05, 0.1) is 10.5 Å². The lowest BCUT2D eigenvalue weighted by molar-refractivity contribution is -0.384. The van der Waals surface area contributed by atoms with E-state index in [0.29, 0.717) is 0 Å². The number of rotatable bonds is 3. The van der Waals surface area contributed by atoms with Crippen molar-refractivity contribution in [1.82, 2.24) is 0 Å². The fourth-order valence-electron chi connectivity index (χ4n) is 1.71. The zero-order chi connectivity index (χ0) is 16.3. The molecule has 2 aromatic carbocycles. The molecule has 2 aromatic rings. The van der Waals surface area contributed by atoms with E-state index in [4.69, 9.17) is 0 Å². The normalized spacial score (nSPS) is 11.0. The molecule has 0 saturated carbocycles. The van der Waals surface area contributed by atoms with Gasteiger partial charge in [-0.3, -0.25) is 14.9 Å². The van der Waals surface area contributed by atoms with Gasteiger partial charge in [-0.15, -0.1) is 0 Å². The monoisotopic (exact) mass is 310 g/mol. The molecule has 0 aromatic heterocycles. The summed E-state index contributed by atoms with van der Waals surface area (Å²) >= 11 is 0. The molecule has 0 aliphatic carbocycles. The Labute approximate surface area is 122 Å². The predicted octanol–water partition coefficient (Wildman–Crippen LogP) is 3.87. The fraction of sp³-hybridized carbons (Fsp3) is 0.0714. The largest absolute Gasteiger partial charge is 0.416 e. The first-order valence-electron chi connectivity index (χ1n) is 6.00. The van der Waals surface area contributed by atoms with E-state index in [1.807, 2.05) is 0 Å². The van der Waals surface area contributed by atoms with E-state index in [2.05, 4.69) is 5.32 Å². The highest BCUT2D eigenvalue weighted by molar-refractivity contribution is 6.04. The molecule has 0 spiro atoms. The van der Waals surface area contributed by atoms with Gasteiger partial charge in [-0.1, -0.05) is 6.07 Å². The van der Waals surface area contributed by atoms with Crippen LogP contribution in [0.4, 0.5) is 24.5 Å². The first-order valence-corrected chi connectivity index (χ1v) is 6.00. The Bertz CT molecular complexity index is 712. The summed E-state index contributed by atoms with van der Waals surface area (Å²) in [6, 6.07) is 8.92. The number of anilines is 1. The molecule has 0 saturated heterocycles. The number of nitrogens with zero attached hydrogens (tertiary/aromatic N) is 1. The molecule has 0 radical (unpaired) electrons. The van der Waals surface area contributed by atoms with Crippen molar-refractivity contribution in [2.24, 2.45) is 0 Å². The van der Waals surface area contributed by atoms with E-state index in [-0.39, 0.29) is 16.9 Å². The number of nitro benzene ring substituents is 1. The molecule has 0 bridgehead atoms. The fourth-order valence-corrected chi connectivity index (χ4v) is 1.71. The molecule has 0 heterocycles. The molecule has 5 nitrogen and oxygen atoms in total. The quantitative estimate of drug-likeness (QED) is 0.691. The third-order valence-electron chi connectivity index (χ3n) is 2.79. The highest BCUT2D eigenvalue weighted by atomic mass is 19.4. The lowest BCUT2D eigenvalue weighted by Gasteiger charge is -2.08. The van der Waals surface area contributed by atoms with Crippen molar-refractivity contribution < 1.29 is 22.9 Å². The summed E-state index contributed by atoms with van der Waals surface area (Å²) in [5.41, 5.74) is -0.889. The molecule has 8 heteroatoms. The van der Waals surface area contributed by atoms with Crippen LogP contribution < -0.4 is 5.32 Å². The number of benzene rings is 2. The summed E-state index contributed by atoms with van der Waals surface area (Å²) in [4.78, 5) is 21.9. The minimum atomic E-state index is -4.46. The van der Waals surface area contributed by atoms with Gasteiger partial charge in [-0.2, -0.15) is 13.2 Å². The number of amides is 1. The van der Waals surface area contributed by atoms with Gasteiger partial charge in [0.25, 0.3) is 11.6 Å². The number of hydrogen-bond donors (Lipinski definition) is 1. The Kier molecular flexibility index (Phi) is 4.11. The van der Waals surface area contributed by atoms with Crippen molar-refractivity contribution in [2.75, 3.05) is 5.32 Å². The zero-order valence-electron chi connectivity index (χ0n) is 10.9. The van der Waals surface area contributed by atoms with Gasteiger partial charge in [-0.05, 0) is 30.3 Å². The van der Waals surface area contributed by atoms with Crippen LogP contribution in [0.15, 0.2) is 48.5 Å². The van der Waals surface area contributed by atoms with Crippen molar-refractivity contribution in [3.05, 3.63) is 69.8 Å². The first-order chi connectivity index (χ1) is 10.3. The second-order valence-electron chi connectivity index (χ2n) is 4.34. The van der Waals surface area contributed by atoms with Crippen molar-refractivity contribution in [3.63, 3.8) is 0 Å². The van der Waals surface area contributed by atoms with Crippen molar-refractivity contribution in [1.29, 1.82) is 0 Å². The van der Waals surface area contributed by atoms with Crippen LogP contribution in [0.2, 0.25) is 0 Å². The van der Waals surface area contributed by atoms with Gasteiger partial charge in [0.1, 0.15) is 0 Å². The van der Waals surface area contributed by atoms with Crippen molar-refractivity contribution >= 4 is 17.3 Å². The zero-order valence-corrected chi connectivity index (χ0v) is 10.9. The number of nitro groups is 1. The van der Waals surface area contributed by atoms with Gasteiger partial charge in [0.15, 0.2) is 0 Å². The summed E-state index contributed by atoms with van der Waals surface area (Å²) in [6.45, 7) is 0. The Balaban J connectivity index is 2.15. The SMILES string of the molecule is O=C(Nc1ccc(C(F)(F)F)cc1)c1cccc([N+](=O)[O-])c1. The maximum atomic E-state index is 12.4. The summed E-state index contributed by atoms with van der Waals surface area (Å²) in [5.74, 6) is -0.650. The number of alkyl halides is 3. The van der Waals surface area contributed by atoms with E-state index in [0.717, 1.165) is 30.3 Å². The smallest absolute Gasteiger partial charge is 0.322 e. The van der Waals surface area contributed by atoms with Crippen molar-refractivity contribution in [3.8, 4) is 0 Å². The van der Waals surface area contributed by atoms with E-state index in [9.17, 15) is 28.1 Å². The van der Waals surface area contributed by atoms with Crippen molar-refractivity contribution in [2.45, 2.75) is 6.18 Å². The molecule has 0 fully saturated rings. The minimum absolute atomic E-state index is 0.0362. The van der Waals surface area contributed by atoms with E-state index >= 15 is 0 Å². The molecule has 1 amide bonds. The van der Waals surface area contributed by atoms with Crippen LogP contribution >= 0.6 is 0 Å². The summed E-state index contributed by atoms with van der Waals surface area (Å²) in [5, 5.41) is 13.0. The Morgan fingerprint density at radius 2 is 1.73 bits per heavy atom.